The van der Waals surface area contributed by atoms with E-state index in [0.717, 1.165) is 29.4 Å². The van der Waals surface area contributed by atoms with Gasteiger partial charge < -0.3 is 4.57 Å². The number of rotatable bonds is 4. The third kappa shape index (κ3) is 4.75. The lowest BCUT2D eigenvalue weighted by Gasteiger charge is -2.26. The first kappa shape index (κ1) is 29.4. The van der Waals surface area contributed by atoms with Crippen molar-refractivity contribution < 1.29 is 0 Å². The van der Waals surface area contributed by atoms with Crippen LogP contribution in [0.2, 0.25) is 0 Å². The molecule has 3 heterocycles. The van der Waals surface area contributed by atoms with Gasteiger partial charge in [-0.2, -0.15) is 0 Å². The minimum absolute atomic E-state index is 0.366. The molecule has 4 heteroatoms. The summed E-state index contributed by atoms with van der Waals surface area (Å²) in [6, 6.07) is 52.6. The van der Waals surface area contributed by atoms with E-state index in [1.807, 2.05) is 12.3 Å². The van der Waals surface area contributed by atoms with Crippen molar-refractivity contribution in [2.75, 3.05) is 4.90 Å². The van der Waals surface area contributed by atoms with Crippen molar-refractivity contribution in [1.82, 2.24) is 14.5 Å². The summed E-state index contributed by atoms with van der Waals surface area (Å²) in [5, 5.41) is 2.50. The second-order valence-corrected chi connectivity index (χ2v) is 13.5. The summed E-state index contributed by atoms with van der Waals surface area (Å²) in [7, 11) is 0. The Morgan fingerprint density at radius 2 is 1.27 bits per heavy atom. The number of aromatic nitrogens is 3. The van der Waals surface area contributed by atoms with E-state index in [1.165, 1.54) is 66.4 Å². The lowest BCUT2D eigenvalue weighted by Crippen LogP contribution is -2.14. The average molecular weight is 655 g/mol. The zero-order valence-electron chi connectivity index (χ0n) is 28.2. The Bertz CT molecular complexity index is 2700. The molecule has 51 heavy (non-hydrogen) atoms. The quantitative estimate of drug-likeness (QED) is 0.189. The van der Waals surface area contributed by atoms with Gasteiger partial charge in [-0.25, -0.2) is 9.97 Å². The topological polar surface area (TPSA) is 34.0 Å². The van der Waals surface area contributed by atoms with Gasteiger partial charge in [-0.1, -0.05) is 116 Å². The minimum Gasteiger partial charge on any atom is -0.309 e. The third-order valence-corrected chi connectivity index (χ3v) is 10.5. The average Bonchev–Trinajstić information content (AvgIpc) is 3.46. The summed E-state index contributed by atoms with van der Waals surface area (Å²) in [6.45, 7) is 2.25. The van der Waals surface area contributed by atoms with Gasteiger partial charge in [0.2, 0.25) is 0 Å². The van der Waals surface area contributed by atoms with Gasteiger partial charge in [0, 0.05) is 33.8 Å². The molecule has 1 aliphatic carbocycles. The lowest BCUT2D eigenvalue weighted by atomic mass is 9.91. The van der Waals surface area contributed by atoms with Gasteiger partial charge >= 0.3 is 0 Å². The molecule has 0 fully saturated rings. The lowest BCUT2D eigenvalue weighted by molar-refractivity contribution is 0.748. The number of para-hydroxylation sites is 4. The molecule has 0 saturated carbocycles. The van der Waals surface area contributed by atoms with E-state index in [0.29, 0.717) is 5.92 Å². The molecule has 8 aromatic rings. The molecule has 0 amide bonds. The monoisotopic (exact) mass is 654 g/mol. The number of hydrogen-bond acceptors (Lipinski definition) is 3. The van der Waals surface area contributed by atoms with Crippen molar-refractivity contribution in [1.29, 1.82) is 0 Å². The summed E-state index contributed by atoms with van der Waals surface area (Å²) in [4.78, 5) is 12.3. The van der Waals surface area contributed by atoms with Crippen LogP contribution >= 0.6 is 0 Å². The Morgan fingerprint density at radius 1 is 0.588 bits per heavy atom. The van der Waals surface area contributed by atoms with Crippen molar-refractivity contribution in [3.05, 3.63) is 176 Å². The maximum atomic E-state index is 5.23. The molecule has 6 aromatic carbocycles. The normalized spacial score (nSPS) is 14.9. The van der Waals surface area contributed by atoms with Crippen molar-refractivity contribution in [2.24, 2.45) is 5.92 Å². The van der Waals surface area contributed by atoms with Crippen molar-refractivity contribution >= 4 is 44.6 Å². The van der Waals surface area contributed by atoms with Gasteiger partial charge in [0.15, 0.2) is 5.82 Å². The molecule has 2 aromatic heterocycles. The van der Waals surface area contributed by atoms with E-state index in [1.54, 1.807) is 0 Å². The van der Waals surface area contributed by atoms with Crippen LogP contribution in [0.1, 0.15) is 19.2 Å². The molecule has 0 bridgehead atoms. The predicted molar refractivity (Wildman–Crippen MR) is 212 cm³/mol. The van der Waals surface area contributed by atoms with E-state index in [4.69, 9.17) is 9.97 Å². The molecule has 0 spiro atoms. The first-order valence-corrected chi connectivity index (χ1v) is 17.6. The first-order chi connectivity index (χ1) is 25.2. The van der Waals surface area contributed by atoms with Crippen LogP contribution in [0.5, 0.6) is 0 Å². The molecule has 1 atom stereocenters. The van der Waals surface area contributed by atoms with Gasteiger partial charge in [-0.05, 0) is 94.8 Å². The largest absolute Gasteiger partial charge is 0.309 e. The van der Waals surface area contributed by atoms with Crippen LogP contribution in [0.15, 0.2) is 170 Å². The number of benzene rings is 6. The standard InChI is InChI=1S/C47H34N4/c1-31-13-5-6-16-35(31)47-48-28-27-46(49-47)51-43-21-11-7-17-37(43)36-25-23-32(29-40(36)38-18-8-12-22-44(38)51)33-24-26-45-41(30-33)39-19-9-10-20-42(39)50(45)34-14-3-2-4-15-34/h2-12,14-31H,13H2,1H3. The molecule has 0 radical (unpaired) electrons. The maximum absolute atomic E-state index is 5.23. The molecule has 1 unspecified atom stereocenters. The molecule has 1 aliphatic heterocycles. The fourth-order valence-electron chi connectivity index (χ4n) is 8.01. The number of hydrogen-bond donors (Lipinski definition) is 0. The molecule has 242 valence electrons. The van der Waals surface area contributed by atoms with Gasteiger partial charge in [0.1, 0.15) is 5.82 Å². The number of nitrogens with zero attached hydrogens (tertiary/aromatic N) is 4. The summed E-state index contributed by atoms with van der Waals surface area (Å²) >= 11 is 0. The van der Waals surface area contributed by atoms with Crippen LogP contribution in [0.4, 0.5) is 17.2 Å². The fraction of sp³-hybridized carbons (Fsp3) is 0.0638. The van der Waals surface area contributed by atoms with Crippen LogP contribution in [0.3, 0.4) is 0 Å². The predicted octanol–water partition coefficient (Wildman–Crippen LogP) is 12.3. The highest BCUT2D eigenvalue weighted by molar-refractivity contribution is 6.11. The Hall–Kier alpha value is -6.52. The second kappa shape index (κ2) is 11.8. The highest BCUT2D eigenvalue weighted by Crippen LogP contribution is 2.51. The number of allylic oxidation sites excluding steroid dienone is 4. The van der Waals surface area contributed by atoms with Crippen molar-refractivity contribution in [3.63, 3.8) is 0 Å². The SMILES string of the molecule is CC1CC=CC=C1c1nccc(N2c3ccccc3-c3ccc(-c4ccc5c(c4)c4ccccc4n5-c4ccccc4)cc3-c3ccccc32)n1. The van der Waals surface area contributed by atoms with E-state index in [-0.39, 0.29) is 0 Å². The van der Waals surface area contributed by atoms with Crippen LogP contribution < -0.4 is 4.90 Å². The van der Waals surface area contributed by atoms with Crippen LogP contribution in [0, 0.1) is 5.92 Å². The van der Waals surface area contributed by atoms with Crippen LogP contribution in [0.25, 0.3) is 66.4 Å². The zero-order chi connectivity index (χ0) is 33.9. The van der Waals surface area contributed by atoms with Crippen molar-refractivity contribution in [3.8, 4) is 39.1 Å². The summed E-state index contributed by atoms with van der Waals surface area (Å²) < 4.78 is 2.37. The first-order valence-electron chi connectivity index (χ1n) is 17.6. The van der Waals surface area contributed by atoms with E-state index in [9.17, 15) is 0 Å². The van der Waals surface area contributed by atoms with E-state index < -0.39 is 0 Å². The van der Waals surface area contributed by atoms with Gasteiger partial charge in [-0.15, -0.1) is 0 Å². The zero-order valence-corrected chi connectivity index (χ0v) is 28.2. The van der Waals surface area contributed by atoms with Crippen LogP contribution in [-0.2, 0) is 0 Å². The van der Waals surface area contributed by atoms with Crippen molar-refractivity contribution in [2.45, 2.75) is 13.3 Å². The third-order valence-electron chi connectivity index (χ3n) is 10.5. The molecular formula is C47H34N4. The van der Waals surface area contributed by atoms with E-state index >= 15 is 0 Å². The molecule has 10 rings (SSSR count). The molecule has 0 saturated heterocycles. The smallest absolute Gasteiger partial charge is 0.157 e. The Morgan fingerprint density at radius 3 is 2.10 bits per heavy atom. The molecule has 4 nitrogen and oxygen atoms in total. The van der Waals surface area contributed by atoms with E-state index in [2.05, 4.69) is 174 Å². The number of anilines is 3. The molecule has 2 aliphatic rings. The molecule has 0 N–H and O–H groups in total. The maximum Gasteiger partial charge on any atom is 0.157 e. The highest BCUT2D eigenvalue weighted by atomic mass is 15.2. The Labute approximate surface area is 297 Å². The number of fused-ring (bicyclic) bond motifs is 8. The highest BCUT2D eigenvalue weighted by Gasteiger charge is 2.28. The van der Waals surface area contributed by atoms with Gasteiger partial charge in [0.25, 0.3) is 0 Å². The second-order valence-electron chi connectivity index (χ2n) is 13.5. The van der Waals surface area contributed by atoms with Gasteiger partial charge in [0.05, 0.1) is 22.4 Å². The van der Waals surface area contributed by atoms with Crippen LogP contribution in [-0.4, -0.2) is 14.5 Å². The summed E-state index contributed by atoms with van der Waals surface area (Å²) in [5.74, 6) is 2.01. The summed E-state index contributed by atoms with van der Waals surface area (Å²) in [5.41, 5.74) is 14.1. The molecular weight excluding hydrogens is 621 g/mol. The fourth-order valence-corrected chi connectivity index (χ4v) is 8.01. The Kier molecular flexibility index (Phi) is 6.81. The summed E-state index contributed by atoms with van der Waals surface area (Å²) in [6.07, 6.45) is 9.39. The van der Waals surface area contributed by atoms with Gasteiger partial charge in [-0.3, -0.25) is 4.90 Å². The minimum atomic E-state index is 0.366. The Balaban J connectivity index is 1.15.